The Morgan fingerprint density at radius 3 is 2.94 bits per heavy atom. The number of nitrogens with zero attached hydrogens (tertiary/aromatic N) is 1. The summed E-state index contributed by atoms with van der Waals surface area (Å²) in [5.74, 6) is 0.498. The predicted molar refractivity (Wildman–Crippen MR) is 74.2 cm³/mol. The number of nitrogen functional groups attached to an aromatic ring is 1. The summed E-state index contributed by atoms with van der Waals surface area (Å²) >= 11 is 0. The minimum atomic E-state index is 0.117. The minimum Gasteiger partial charge on any atom is -0.396 e. The van der Waals surface area contributed by atoms with E-state index in [4.69, 9.17) is 11.1 Å². The lowest BCUT2D eigenvalue weighted by atomic mass is 9.98. The quantitative estimate of drug-likeness (QED) is 0.559. The molecule has 1 fully saturated rings. The van der Waals surface area contributed by atoms with Crippen molar-refractivity contribution in [2.75, 3.05) is 24.6 Å². The molecule has 1 aromatic rings. The van der Waals surface area contributed by atoms with Gasteiger partial charge >= 0.3 is 0 Å². The number of nitrogens with two attached hydrogens (primary N) is 1. The molecular weight excluding hydrogens is 226 g/mol. The molecule has 0 amide bonds. The molecule has 1 aliphatic heterocycles. The van der Waals surface area contributed by atoms with E-state index >= 15 is 0 Å². The lowest BCUT2D eigenvalue weighted by molar-refractivity contribution is 0.209. The highest BCUT2D eigenvalue weighted by atomic mass is 16.3. The van der Waals surface area contributed by atoms with Crippen LogP contribution in [0.3, 0.4) is 0 Å². The van der Waals surface area contributed by atoms with Crippen LogP contribution in [0.1, 0.15) is 24.0 Å². The third-order valence-electron chi connectivity index (χ3n) is 3.64. The maximum absolute atomic E-state index is 9.26. The second kappa shape index (κ2) is 5.40. The smallest absolute Gasteiger partial charge is 0.123 e. The van der Waals surface area contributed by atoms with E-state index in [9.17, 15) is 5.11 Å². The normalized spacial score (nSPS) is 19.9. The van der Waals surface area contributed by atoms with Crippen LogP contribution in [0.5, 0.6) is 0 Å². The Bertz CT molecular complexity index is 445. The molecule has 98 valence electrons. The number of anilines is 1. The van der Waals surface area contributed by atoms with Crippen LogP contribution in [0.4, 0.5) is 5.69 Å². The van der Waals surface area contributed by atoms with Crippen molar-refractivity contribution in [2.24, 2.45) is 11.7 Å². The minimum absolute atomic E-state index is 0.117. The molecule has 0 spiro atoms. The van der Waals surface area contributed by atoms with E-state index < -0.39 is 0 Å². The van der Waals surface area contributed by atoms with Crippen molar-refractivity contribution >= 4 is 11.5 Å². The number of aliphatic hydroxyl groups excluding tert-OH is 1. The van der Waals surface area contributed by atoms with Gasteiger partial charge in [0.2, 0.25) is 0 Å². The van der Waals surface area contributed by atoms with Crippen molar-refractivity contribution in [3.05, 3.63) is 29.3 Å². The fraction of sp³-hybridized carbons (Fsp3) is 0.500. The van der Waals surface area contributed by atoms with Crippen LogP contribution in [0.15, 0.2) is 18.2 Å². The van der Waals surface area contributed by atoms with Crippen molar-refractivity contribution in [1.82, 2.24) is 0 Å². The van der Waals surface area contributed by atoms with E-state index in [0.29, 0.717) is 5.92 Å². The summed E-state index contributed by atoms with van der Waals surface area (Å²) < 4.78 is 0. The van der Waals surface area contributed by atoms with Crippen LogP contribution >= 0.6 is 0 Å². The molecule has 0 aliphatic carbocycles. The Kier molecular flexibility index (Phi) is 3.87. The van der Waals surface area contributed by atoms with E-state index in [2.05, 4.69) is 11.0 Å². The summed E-state index contributed by atoms with van der Waals surface area (Å²) in [7, 11) is 0. The van der Waals surface area contributed by atoms with Crippen LogP contribution in [0, 0.1) is 18.3 Å². The number of piperidine rings is 1. The summed E-state index contributed by atoms with van der Waals surface area (Å²) in [5.41, 5.74) is 8.52. The molecule has 4 N–H and O–H groups in total. The van der Waals surface area contributed by atoms with Crippen LogP contribution in [0.2, 0.25) is 0 Å². The number of hydrogen-bond acceptors (Lipinski definition) is 3. The first-order valence-electron chi connectivity index (χ1n) is 6.42. The summed E-state index contributed by atoms with van der Waals surface area (Å²) in [6, 6.07) is 6.01. The van der Waals surface area contributed by atoms with E-state index in [1.54, 1.807) is 0 Å². The van der Waals surface area contributed by atoms with Gasteiger partial charge in [-0.25, -0.2) is 0 Å². The lowest BCUT2D eigenvalue weighted by Crippen LogP contribution is -2.36. The van der Waals surface area contributed by atoms with Gasteiger partial charge in [-0.3, -0.25) is 5.41 Å². The number of benzene rings is 1. The largest absolute Gasteiger partial charge is 0.396 e. The molecule has 2 rings (SSSR count). The molecule has 1 heterocycles. The van der Waals surface area contributed by atoms with Gasteiger partial charge in [0.15, 0.2) is 0 Å². The number of hydrogen-bond donors (Lipinski definition) is 3. The summed E-state index contributed by atoms with van der Waals surface area (Å²) in [4.78, 5) is 2.31. The van der Waals surface area contributed by atoms with Gasteiger partial charge in [0.25, 0.3) is 0 Å². The molecule has 4 nitrogen and oxygen atoms in total. The zero-order valence-electron chi connectivity index (χ0n) is 10.8. The van der Waals surface area contributed by atoms with E-state index in [1.807, 2.05) is 19.1 Å². The molecule has 1 atom stereocenters. The molecule has 1 saturated heterocycles. The van der Waals surface area contributed by atoms with Gasteiger partial charge in [-0.2, -0.15) is 0 Å². The molecule has 18 heavy (non-hydrogen) atoms. The highest BCUT2D eigenvalue weighted by Crippen LogP contribution is 2.24. The molecule has 4 heteroatoms. The third-order valence-corrected chi connectivity index (χ3v) is 3.64. The average Bonchev–Trinajstić information content (AvgIpc) is 2.38. The number of nitrogens with one attached hydrogen (secondary N) is 1. The SMILES string of the molecule is Cc1cc(N2CCCC(CO)C2)ccc1C(=N)N. The predicted octanol–water partition coefficient (Wildman–Crippen LogP) is 1.49. The number of rotatable bonds is 3. The Morgan fingerprint density at radius 1 is 1.56 bits per heavy atom. The molecule has 1 aromatic carbocycles. The van der Waals surface area contributed by atoms with Crippen molar-refractivity contribution in [3.63, 3.8) is 0 Å². The third kappa shape index (κ3) is 2.64. The van der Waals surface area contributed by atoms with Crippen molar-refractivity contribution in [3.8, 4) is 0 Å². The fourth-order valence-electron chi connectivity index (χ4n) is 2.60. The first-order chi connectivity index (χ1) is 8.61. The second-order valence-electron chi connectivity index (χ2n) is 5.05. The molecule has 0 aromatic heterocycles. The highest BCUT2D eigenvalue weighted by molar-refractivity contribution is 5.96. The van der Waals surface area contributed by atoms with Gasteiger partial charge in [-0.15, -0.1) is 0 Å². The van der Waals surface area contributed by atoms with E-state index in [1.165, 1.54) is 0 Å². The Balaban J connectivity index is 2.18. The molecule has 1 unspecified atom stereocenters. The maximum atomic E-state index is 9.26. The number of amidine groups is 1. The molecular formula is C14H21N3O. The topological polar surface area (TPSA) is 73.3 Å². The second-order valence-corrected chi connectivity index (χ2v) is 5.05. The monoisotopic (exact) mass is 247 g/mol. The number of aryl methyl sites for hydroxylation is 1. The zero-order chi connectivity index (χ0) is 13.1. The summed E-state index contributed by atoms with van der Waals surface area (Å²) in [5, 5.41) is 16.7. The standard InChI is InChI=1S/C14H21N3O/c1-10-7-12(4-5-13(10)14(15)16)17-6-2-3-11(8-17)9-18/h4-5,7,11,18H,2-3,6,8-9H2,1H3,(H3,15,16). The average molecular weight is 247 g/mol. The van der Waals surface area contributed by atoms with Crippen LogP contribution in [0.25, 0.3) is 0 Å². The molecule has 1 aliphatic rings. The van der Waals surface area contributed by atoms with E-state index in [0.717, 1.165) is 42.7 Å². The van der Waals surface area contributed by atoms with Crippen LogP contribution < -0.4 is 10.6 Å². The van der Waals surface area contributed by atoms with Crippen molar-refractivity contribution in [2.45, 2.75) is 19.8 Å². The maximum Gasteiger partial charge on any atom is 0.123 e. The molecule has 0 bridgehead atoms. The van der Waals surface area contributed by atoms with Gasteiger partial charge < -0.3 is 15.7 Å². The summed E-state index contributed by atoms with van der Waals surface area (Å²) in [6.45, 7) is 4.19. The van der Waals surface area contributed by atoms with Crippen LogP contribution in [-0.2, 0) is 0 Å². The van der Waals surface area contributed by atoms with Crippen molar-refractivity contribution in [1.29, 1.82) is 5.41 Å². The van der Waals surface area contributed by atoms with Gasteiger partial charge in [-0.05, 0) is 49.4 Å². The highest BCUT2D eigenvalue weighted by Gasteiger charge is 2.19. The number of aliphatic hydroxyl groups is 1. The van der Waals surface area contributed by atoms with Gasteiger partial charge in [0.05, 0.1) is 0 Å². The van der Waals surface area contributed by atoms with Gasteiger partial charge in [0, 0.05) is 30.9 Å². The van der Waals surface area contributed by atoms with Crippen LogP contribution in [-0.4, -0.2) is 30.6 Å². The molecule has 0 saturated carbocycles. The Hall–Kier alpha value is -1.55. The first-order valence-corrected chi connectivity index (χ1v) is 6.42. The Morgan fingerprint density at radius 2 is 2.33 bits per heavy atom. The van der Waals surface area contributed by atoms with Gasteiger partial charge in [0.1, 0.15) is 5.84 Å². The first kappa shape index (κ1) is 12.9. The lowest BCUT2D eigenvalue weighted by Gasteiger charge is -2.34. The van der Waals surface area contributed by atoms with E-state index in [-0.39, 0.29) is 12.4 Å². The van der Waals surface area contributed by atoms with Gasteiger partial charge in [-0.1, -0.05) is 0 Å². The Labute approximate surface area is 108 Å². The zero-order valence-corrected chi connectivity index (χ0v) is 10.8. The van der Waals surface area contributed by atoms with Crippen molar-refractivity contribution < 1.29 is 5.11 Å². The molecule has 0 radical (unpaired) electrons. The fourth-order valence-corrected chi connectivity index (χ4v) is 2.60. The summed E-state index contributed by atoms with van der Waals surface area (Å²) in [6.07, 6.45) is 2.23.